The van der Waals surface area contributed by atoms with E-state index in [1.54, 1.807) is 18.2 Å². The number of nitrogens with zero attached hydrogens (tertiary/aromatic N) is 2. The Balaban J connectivity index is 1.83. The molecular weight excluding hydrogens is 358 g/mol. The predicted molar refractivity (Wildman–Crippen MR) is 93.4 cm³/mol. The second-order valence-electron chi connectivity index (χ2n) is 5.02. The van der Waals surface area contributed by atoms with Gasteiger partial charge in [-0.25, -0.2) is 5.01 Å². The first kappa shape index (κ1) is 15.4. The van der Waals surface area contributed by atoms with Crippen molar-refractivity contribution in [3.8, 4) is 0 Å². The molecule has 1 aliphatic heterocycles. The standard InChI is InChI=1S/C17H14BrN3O2/c18-13-8-4-5-9-14(13)19-17(23)15-10-11-16(22)21(20-15)12-6-2-1-3-7-12/h1-9H,10-11H2,(H,19,23). The molecule has 5 nitrogen and oxygen atoms in total. The van der Waals surface area contributed by atoms with Crippen molar-refractivity contribution in [3.05, 3.63) is 59.1 Å². The third-order valence-electron chi connectivity index (χ3n) is 3.42. The summed E-state index contributed by atoms with van der Waals surface area (Å²) in [6.07, 6.45) is 0.593. The predicted octanol–water partition coefficient (Wildman–Crippen LogP) is 3.57. The smallest absolute Gasteiger partial charge is 0.271 e. The Kier molecular flexibility index (Phi) is 4.52. The van der Waals surface area contributed by atoms with Gasteiger partial charge >= 0.3 is 0 Å². The van der Waals surface area contributed by atoms with Crippen LogP contribution in [0.15, 0.2) is 64.2 Å². The molecule has 0 fully saturated rings. The lowest BCUT2D eigenvalue weighted by molar-refractivity contribution is -0.118. The average molecular weight is 372 g/mol. The zero-order chi connectivity index (χ0) is 16.2. The van der Waals surface area contributed by atoms with Gasteiger partial charge in [-0.1, -0.05) is 30.3 Å². The van der Waals surface area contributed by atoms with E-state index in [2.05, 4.69) is 26.3 Å². The maximum absolute atomic E-state index is 12.4. The van der Waals surface area contributed by atoms with E-state index in [1.807, 2.05) is 36.4 Å². The molecule has 0 saturated carbocycles. The van der Waals surface area contributed by atoms with Crippen molar-refractivity contribution in [1.82, 2.24) is 0 Å². The fourth-order valence-electron chi connectivity index (χ4n) is 2.24. The Morgan fingerprint density at radius 2 is 1.74 bits per heavy atom. The van der Waals surface area contributed by atoms with Gasteiger partial charge in [0.15, 0.2) is 0 Å². The highest BCUT2D eigenvalue weighted by molar-refractivity contribution is 9.10. The second-order valence-corrected chi connectivity index (χ2v) is 5.88. The highest BCUT2D eigenvalue weighted by atomic mass is 79.9. The van der Waals surface area contributed by atoms with Crippen molar-refractivity contribution < 1.29 is 9.59 Å². The van der Waals surface area contributed by atoms with Crippen molar-refractivity contribution in [1.29, 1.82) is 0 Å². The number of hydrogen-bond acceptors (Lipinski definition) is 3. The number of carbonyl (C=O) groups excluding carboxylic acids is 2. The third kappa shape index (κ3) is 3.48. The van der Waals surface area contributed by atoms with Gasteiger partial charge in [0.05, 0.1) is 11.4 Å². The summed E-state index contributed by atoms with van der Waals surface area (Å²) >= 11 is 3.39. The van der Waals surface area contributed by atoms with Crippen molar-refractivity contribution >= 4 is 44.8 Å². The Morgan fingerprint density at radius 1 is 1.04 bits per heavy atom. The van der Waals surface area contributed by atoms with Crippen LogP contribution in [0.5, 0.6) is 0 Å². The summed E-state index contributed by atoms with van der Waals surface area (Å²) in [6.45, 7) is 0. The molecule has 1 aliphatic rings. The van der Waals surface area contributed by atoms with Crippen LogP contribution in [0.2, 0.25) is 0 Å². The van der Waals surface area contributed by atoms with E-state index in [9.17, 15) is 9.59 Å². The number of para-hydroxylation sites is 2. The molecule has 0 aliphatic carbocycles. The molecule has 2 aromatic rings. The van der Waals surface area contributed by atoms with Crippen molar-refractivity contribution in [2.75, 3.05) is 10.3 Å². The molecule has 2 aromatic carbocycles. The van der Waals surface area contributed by atoms with Gasteiger partial charge in [-0.05, 0) is 40.2 Å². The molecule has 6 heteroatoms. The lowest BCUT2D eigenvalue weighted by Gasteiger charge is -2.23. The molecule has 0 radical (unpaired) electrons. The summed E-state index contributed by atoms with van der Waals surface area (Å²) in [7, 11) is 0. The molecule has 0 spiro atoms. The molecule has 0 unspecified atom stereocenters. The number of amides is 2. The van der Waals surface area contributed by atoms with E-state index in [1.165, 1.54) is 5.01 Å². The van der Waals surface area contributed by atoms with Crippen LogP contribution in [0.25, 0.3) is 0 Å². The highest BCUT2D eigenvalue weighted by Gasteiger charge is 2.25. The number of hydrogen-bond donors (Lipinski definition) is 1. The first-order valence-electron chi connectivity index (χ1n) is 7.16. The number of benzene rings is 2. The fourth-order valence-corrected chi connectivity index (χ4v) is 2.63. The molecule has 1 heterocycles. The number of carbonyl (C=O) groups is 2. The summed E-state index contributed by atoms with van der Waals surface area (Å²) < 4.78 is 0.792. The fraction of sp³-hybridized carbons (Fsp3) is 0.118. The van der Waals surface area contributed by atoms with E-state index in [-0.39, 0.29) is 18.2 Å². The van der Waals surface area contributed by atoms with Gasteiger partial charge in [0, 0.05) is 17.3 Å². The van der Waals surface area contributed by atoms with E-state index < -0.39 is 0 Å². The van der Waals surface area contributed by atoms with E-state index >= 15 is 0 Å². The molecule has 116 valence electrons. The number of anilines is 2. The van der Waals surface area contributed by atoms with Crippen LogP contribution in [-0.4, -0.2) is 17.5 Å². The first-order valence-corrected chi connectivity index (χ1v) is 7.96. The molecule has 0 aromatic heterocycles. The minimum absolute atomic E-state index is 0.117. The quantitative estimate of drug-likeness (QED) is 0.896. The van der Waals surface area contributed by atoms with E-state index in [0.717, 1.165) is 4.47 Å². The monoisotopic (exact) mass is 371 g/mol. The molecule has 3 rings (SSSR count). The van der Waals surface area contributed by atoms with Gasteiger partial charge in [-0.15, -0.1) is 0 Å². The zero-order valence-corrected chi connectivity index (χ0v) is 13.8. The van der Waals surface area contributed by atoms with Crippen molar-refractivity contribution in [2.45, 2.75) is 12.8 Å². The maximum atomic E-state index is 12.4. The van der Waals surface area contributed by atoms with Crippen LogP contribution >= 0.6 is 15.9 Å². The van der Waals surface area contributed by atoms with Crippen LogP contribution in [-0.2, 0) is 9.59 Å². The summed E-state index contributed by atoms with van der Waals surface area (Å²) in [4.78, 5) is 24.5. The van der Waals surface area contributed by atoms with Crippen LogP contribution in [0, 0.1) is 0 Å². The molecule has 1 N–H and O–H groups in total. The van der Waals surface area contributed by atoms with Crippen LogP contribution in [0.4, 0.5) is 11.4 Å². The van der Waals surface area contributed by atoms with Crippen LogP contribution in [0.3, 0.4) is 0 Å². The molecule has 23 heavy (non-hydrogen) atoms. The number of halogens is 1. The molecule has 0 atom stereocenters. The topological polar surface area (TPSA) is 61.8 Å². The molecule has 2 amide bonds. The highest BCUT2D eigenvalue weighted by Crippen LogP contribution is 2.23. The normalized spacial score (nSPS) is 14.4. The molecule has 0 bridgehead atoms. The van der Waals surface area contributed by atoms with Gasteiger partial charge in [0.2, 0.25) is 5.91 Å². The van der Waals surface area contributed by atoms with Gasteiger partial charge in [-0.2, -0.15) is 5.10 Å². The van der Waals surface area contributed by atoms with Gasteiger partial charge in [-0.3, -0.25) is 9.59 Å². The summed E-state index contributed by atoms with van der Waals surface area (Å²) in [5.74, 6) is -0.418. The minimum Gasteiger partial charge on any atom is -0.320 e. The summed E-state index contributed by atoms with van der Waals surface area (Å²) in [6, 6.07) is 16.4. The number of nitrogens with one attached hydrogen (secondary N) is 1. The molecular formula is C17H14BrN3O2. The first-order chi connectivity index (χ1) is 11.1. The Labute approximate surface area is 142 Å². The Bertz CT molecular complexity index is 774. The van der Waals surface area contributed by atoms with Gasteiger partial charge in [0.1, 0.15) is 5.71 Å². The van der Waals surface area contributed by atoms with E-state index in [4.69, 9.17) is 0 Å². The zero-order valence-electron chi connectivity index (χ0n) is 12.2. The maximum Gasteiger partial charge on any atom is 0.271 e. The third-order valence-corrected chi connectivity index (χ3v) is 4.11. The SMILES string of the molecule is O=C(Nc1ccccc1Br)C1=NN(c2ccccc2)C(=O)CC1. The lowest BCUT2D eigenvalue weighted by atomic mass is 10.1. The summed E-state index contributed by atoms with van der Waals surface area (Å²) in [5.41, 5.74) is 1.66. The van der Waals surface area contributed by atoms with Gasteiger partial charge < -0.3 is 5.32 Å². The largest absolute Gasteiger partial charge is 0.320 e. The lowest BCUT2D eigenvalue weighted by Crippen LogP contribution is -2.36. The number of hydrazone groups is 1. The minimum atomic E-state index is -0.301. The Morgan fingerprint density at radius 3 is 2.48 bits per heavy atom. The van der Waals surface area contributed by atoms with Crippen molar-refractivity contribution in [3.63, 3.8) is 0 Å². The van der Waals surface area contributed by atoms with Gasteiger partial charge in [0.25, 0.3) is 5.91 Å². The van der Waals surface area contributed by atoms with Crippen LogP contribution in [0.1, 0.15) is 12.8 Å². The second kappa shape index (κ2) is 6.75. The Hall–Kier alpha value is -2.47. The van der Waals surface area contributed by atoms with Crippen molar-refractivity contribution in [2.24, 2.45) is 5.10 Å². The van der Waals surface area contributed by atoms with Crippen LogP contribution < -0.4 is 10.3 Å². The van der Waals surface area contributed by atoms with E-state index in [0.29, 0.717) is 23.5 Å². The average Bonchev–Trinajstić information content (AvgIpc) is 2.58. The molecule has 0 saturated heterocycles. The number of rotatable bonds is 3. The summed E-state index contributed by atoms with van der Waals surface area (Å²) in [5, 5.41) is 8.33.